The van der Waals surface area contributed by atoms with E-state index in [-0.39, 0.29) is 31.3 Å². The Bertz CT molecular complexity index is 803. The number of amides is 2. The number of alkyl halides is 3. The van der Waals surface area contributed by atoms with Crippen LogP contribution in [0.25, 0.3) is 0 Å². The molecule has 2 aromatic carbocycles. The molecule has 0 saturated heterocycles. The summed E-state index contributed by atoms with van der Waals surface area (Å²) in [7, 11) is 0. The van der Waals surface area contributed by atoms with Crippen LogP contribution in [-0.2, 0) is 15.8 Å². The van der Waals surface area contributed by atoms with Crippen molar-refractivity contribution in [1.29, 1.82) is 0 Å². The molecule has 2 rings (SSSR count). The lowest BCUT2D eigenvalue weighted by Gasteiger charge is -2.14. The van der Waals surface area contributed by atoms with Crippen LogP contribution >= 0.6 is 0 Å². The monoisotopic (exact) mass is 394 g/mol. The van der Waals surface area contributed by atoms with Crippen LogP contribution in [0.3, 0.4) is 0 Å². The van der Waals surface area contributed by atoms with Crippen molar-refractivity contribution in [3.05, 3.63) is 59.7 Å². The fourth-order valence-corrected chi connectivity index (χ4v) is 2.51. The van der Waals surface area contributed by atoms with Crippen molar-refractivity contribution in [3.8, 4) is 5.75 Å². The topological polar surface area (TPSA) is 81.4 Å². The molecule has 0 fully saturated rings. The van der Waals surface area contributed by atoms with E-state index in [0.29, 0.717) is 17.0 Å². The molecule has 2 amide bonds. The molecule has 1 unspecified atom stereocenters. The van der Waals surface area contributed by atoms with E-state index in [4.69, 9.17) is 10.5 Å². The van der Waals surface area contributed by atoms with Gasteiger partial charge in [0.15, 0.2) is 0 Å². The molecule has 2 aromatic rings. The number of rotatable bonds is 8. The molecule has 150 valence electrons. The molecule has 0 heterocycles. The summed E-state index contributed by atoms with van der Waals surface area (Å²) in [6.07, 6.45) is -4.14. The first-order valence-corrected chi connectivity index (χ1v) is 8.63. The van der Waals surface area contributed by atoms with Gasteiger partial charge in [-0.15, -0.1) is 0 Å². The number of hydrogen-bond acceptors (Lipinski definition) is 3. The molecule has 0 bridgehead atoms. The Morgan fingerprint density at radius 1 is 1.07 bits per heavy atom. The van der Waals surface area contributed by atoms with Crippen molar-refractivity contribution in [2.45, 2.75) is 31.9 Å². The molecular formula is C20H21F3N2O3. The Kier molecular flexibility index (Phi) is 7.03. The Balaban J connectivity index is 1.86. The summed E-state index contributed by atoms with van der Waals surface area (Å²) in [5.41, 5.74) is 5.53. The minimum absolute atomic E-state index is 0.111. The molecule has 0 aliphatic rings. The Morgan fingerprint density at radius 3 is 2.21 bits per heavy atom. The summed E-state index contributed by atoms with van der Waals surface area (Å²) in [4.78, 5) is 22.8. The first-order chi connectivity index (χ1) is 13.1. The normalized spacial score (nSPS) is 12.3. The predicted molar refractivity (Wildman–Crippen MR) is 98.9 cm³/mol. The summed E-state index contributed by atoms with van der Waals surface area (Å²) in [5.74, 6) is -0.406. The number of benzene rings is 2. The molecule has 0 aliphatic carbocycles. The lowest BCUT2D eigenvalue weighted by atomic mass is 9.96. The standard InChI is InChI=1S/C20H21F3N2O3/c1-13(14-2-4-15(5-3-14)20(21,22)23)12-19(27)25-16-6-8-17(9-7-16)28-11-10-18(24)26/h2-9,13H,10-12H2,1H3,(H2,24,26)(H,25,27). The highest BCUT2D eigenvalue weighted by Gasteiger charge is 2.30. The third-order valence-electron chi connectivity index (χ3n) is 4.05. The number of nitrogens with one attached hydrogen (secondary N) is 1. The number of carbonyl (C=O) groups is 2. The maximum absolute atomic E-state index is 12.6. The fraction of sp³-hybridized carbons (Fsp3) is 0.300. The van der Waals surface area contributed by atoms with Crippen molar-refractivity contribution in [2.24, 2.45) is 5.73 Å². The zero-order valence-corrected chi connectivity index (χ0v) is 15.3. The molecule has 8 heteroatoms. The zero-order valence-electron chi connectivity index (χ0n) is 15.3. The zero-order chi connectivity index (χ0) is 20.7. The Labute approximate surface area is 160 Å². The predicted octanol–water partition coefficient (Wildman–Crippen LogP) is 4.09. The highest BCUT2D eigenvalue weighted by molar-refractivity contribution is 5.91. The van der Waals surface area contributed by atoms with Gasteiger partial charge in [0.25, 0.3) is 0 Å². The van der Waals surface area contributed by atoms with E-state index in [1.807, 2.05) is 0 Å². The minimum Gasteiger partial charge on any atom is -0.493 e. The average molecular weight is 394 g/mol. The highest BCUT2D eigenvalue weighted by Crippen LogP contribution is 2.30. The number of hydrogen-bond donors (Lipinski definition) is 2. The molecule has 0 radical (unpaired) electrons. The van der Waals surface area contributed by atoms with E-state index >= 15 is 0 Å². The van der Waals surface area contributed by atoms with Crippen LogP contribution < -0.4 is 15.8 Å². The first-order valence-electron chi connectivity index (χ1n) is 8.63. The van der Waals surface area contributed by atoms with Crippen molar-refractivity contribution in [3.63, 3.8) is 0 Å². The second-order valence-electron chi connectivity index (χ2n) is 6.36. The van der Waals surface area contributed by atoms with Gasteiger partial charge in [0, 0.05) is 12.1 Å². The van der Waals surface area contributed by atoms with E-state index in [1.165, 1.54) is 12.1 Å². The number of primary amides is 1. The molecule has 1 atom stereocenters. The largest absolute Gasteiger partial charge is 0.493 e. The van der Waals surface area contributed by atoms with Crippen LogP contribution in [-0.4, -0.2) is 18.4 Å². The maximum Gasteiger partial charge on any atom is 0.416 e. The molecule has 0 saturated carbocycles. The van der Waals surface area contributed by atoms with E-state index in [0.717, 1.165) is 12.1 Å². The molecule has 3 N–H and O–H groups in total. The quantitative estimate of drug-likeness (QED) is 0.708. The summed E-state index contributed by atoms with van der Waals surface area (Å²) in [6, 6.07) is 11.4. The molecule has 5 nitrogen and oxygen atoms in total. The van der Waals surface area contributed by atoms with Gasteiger partial charge in [-0.1, -0.05) is 19.1 Å². The summed E-state index contributed by atoms with van der Waals surface area (Å²) >= 11 is 0. The van der Waals surface area contributed by atoms with E-state index in [2.05, 4.69) is 5.32 Å². The van der Waals surface area contributed by atoms with E-state index < -0.39 is 17.6 Å². The van der Waals surface area contributed by atoms with Crippen LogP contribution in [0.4, 0.5) is 18.9 Å². The molecule has 0 aromatic heterocycles. The Hall–Kier alpha value is -3.03. The van der Waals surface area contributed by atoms with Gasteiger partial charge in [-0.25, -0.2) is 0 Å². The van der Waals surface area contributed by atoms with Gasteiger partial charge in [0.1, 0.15) is 5.75 Å². The van der Waals surface area contributed by atoms with Gasteiger partial charge >= 0.3 is 6.18 Å². The van der Waals surface area contributed by atoms with Crippen LogP contribution in [0.15, 0.2) is 48.5 Å². The number of carbonyl (C=O) groups excluding carboxylic acids is 2. The van der Waals surface area contributed by atoms with Crippen LogP contribution in [0.5, 0.6) is 5.75 Å². The maximum atomic E-state index is 12.6. The van der Waals surface area contributed by atoms with Crippen LogP contribution in [0.2, 0.25) is 0 Å². The summed E-state index contributed by atoms with van der Waals surface area (Å²) < 4.78 is 43.2. The van der Waals surface area contributed by atoms with Gasteiger partial charge < -0.3 is 15.8 Å². The van der Waals surface area contributed by atoms with Gasteiger partial charge in [-0.05, 0) is 47.9 Å². The van der Waals surface area contributed by atoms with Crippen molar-refractivity contribution < 1.29 is 27.5 Å². The van der Waals surface area contributed by atoms with Crippen molar-refractivity contribution >= 4 is 17.5 Å². The molecular weight excluding hydrogens is 373 g/mol. The van der Waals surface area contributed by atoms with Crippen molar-refractivity contribution in [2.75, 3.05) is 11.9 Å². The van der Waals surface area contributed by atoms with Crippen LogP contribution in [0, 0.1) is 0 Å². The smallest absolute Gasteiger partial charge is 0.416 e. The highest BCUT2D eigenvalue weighted by atomic mass is 19.4. The lowest BCUT2D eigenvalue weighted by molar-refractivity contribution is -0.137. The summed E-state index contributed by atoms with van der Waals surface area (Å²) in [6.45, 7) is 1.95. The van der Waals surface area contributed by atoms with Crippen molar-refractivity contribution in [1.82, 2.24) is 0 Å². The van der Waals surface area contributed by atoms with Gasteiger partial charge in [0.05, 0.1) is 18.6 Å². The SMILES string of the molecule is CC(CC(=O)Nc1ccc(OCCC(N)=O)cc1)c1ccc(C(F)(F)F)cc1. The Morgan fingerprint density at radius 2 is 1.68 bits per heavy atom. The van der Waals surface area contributed by atoms with Gasteiger partial charge in [0.2, 0.25) is 11.8 Å². The van der Waals surface area contributed by atoms with E-state index in [1.54, 1.807) is 31.2 Å². The van der Waals surface area contributed by atoms with Gasteiger partial charge in [-0.3, -0.25) is 9.59 Å². The number of halogens is 3. The fourth-order valence-electron chi connectivity index (χ4n) is 2.51. The second kappa shape index (κ2) is 9.25. The van der Waals surface area contributed by atoms with Gasteiger partial charge in [-0.2, -0.15) is 13.2 Å². The second-order valence-corrected chi connectivity index (χ2v) is 6.36. The lowest BCUT2D eigenvalue weighted by Crippen LogP contribution is -2.15. The third-order valence-corrected chi connectivity index (χ3v) is 4.05. The van der Waals surface area contributed by atoms with Crippen LogP contribution in [0.1, 0.15) is 36.8 Å². The summed E-state index contributed by atoms with van der Waals surface area (Å²) in [5, 5.41) is 2.73. The third kappa shape index (κ3) is 6.61. The number of anilines is 1. The molecule has 0 aliphatic heterocycles. The number of ether oxygens (including phenoxy) is 1. The minimum atomic E-state index is -4.38. The average Bonchev–Trinajstić information content (AvgIpc) is 2.62. The first kappa shape index (κ1) is 21.3. The van der Waals surface area contributed by atoms with E-state index in [9.17, 15) is 22.8 Å². The molecule has 0 spiro atoms. The molecule has 28 heavy (non-hydrogen) atoms. The number of nitrogens with two attached hydrogens (primary N) is 1.